The molecule has 0 radical (unpaired) electrons. The van der Waals surface area contributed by atoms with Crippen molar-refractivity contribution in [3.63, 3.8) is 0 Å². The Balaban J connectivity index is 1.74. The molecule has 3 rings (SSSR count). The predicted molar refractivity (Wildman–Crippen MR) is 111 cm³/mol. The first-order chi connectivity index (χ1) is 13.0. The average molecular weight is 364 g/mol. The van der Waals surface area contributed by atoms with Crippen LogP contribution in [0.25, 0.3) is 11.0 Å². The Morgan fingerprint density at radius 2 is 1.81 bits per heavy atom. The summed E-state index contributed by atoms with van der Waals surface area (Å²) in [5.74, 6) is 0. The number of nitrogens with one attached hydrogen (secondary N) is 1. The second kappa shape index (κ2) is 8.51. The largest absolute Gasteiger partial charge is 0.422 e. The molecule has 0 aliphatic carbocycles. The zero-order chi connectivity index (χ0) is 19.4. The van der Waals surface area contributed by atoms with Gasteiger partial charge in [0.1, 0.15) is 5.58 Å². The summed E-state index contributed by atoms with van der Waals surface area (Å²) < 4.78 is 5.47. The molecular formula is C23H28N2O2. The molecule has 142 valence electrons. The van der Waals surface area contributed by atoms with Gasteiger partial charge in [-0.2, -0.15) is 0 Å². The minimum Gasteiger partial charge on any atom is -0.422 e. The lowest BCUT2D eigenvalue weighted by molar-refractivity contribution is 0.281. The molecule has 1 aromatic heterocycles. The molecular weight excluding hydrogens is 336 g/mol. The number of benzene rings is 2. The molecule has 0 aliphatic heterocycles. The Hall–Kier alpha value is -2.43. The summed E-state index contributed by atoms with van der Waals surface area (Å²) in [6, 6.07) is 16.6. The second-order valence-corrected chi connectivity index (χ2v) is 7.41. The number of fused-ring (bicyclic) bond motifs is 1. The molecule has 1 N–H and O–H groups in total. The van der Waals surface area contributed by atoms with E-state index in [0.29, 0.717) is 18.2 Å². The van der Waals surface area contributed by atoms with Crippen molar-refractivity contribution in [3.8, 4) is 0 Å². The SMILES string of the molecule is Cc1ccc2c(CNC[C@H](Cc3ccccc3)N(C)C)cc(=O)oc2c1C. The van der Waals surface area contributed by atoms with Crippen molar-refractivity contribution in [1.29, 1.82) is 0 Å². The van der Waals surface area contributed by atoms with Crippen LogP contribution in [0.5, 0.6) is 0 Å². The average Bonchev–Trinajstić information content (AvgIpc) is 2.65. The van der Waals surface area contributed by atoms with E-state index >= 15 is 0 Å². The number of hydrogen-bond donors (Lipinski definition) is 1. The van der Waals surface area contributed by atoms with Crippen molar-refractivity contribution in [1.82, 2.24) is 10.2 Å². The fourth-order valence-electron chi connectivity index (χ4n) is 3.37. The van der Waals surface area contributed by atoms with Crippen LogP contribution < -0.4 is 10.9 Å². The molecule has 4 nitrogen and oxygen atoms in total. The molecule has 0 amide bonds. The fourth-order valence-corrected chi connectivity index (χ4v) is 3.37. The summed E-state index contributed by atoms with van der Waals surface area (Å²) in [6.45, 7) is 5.52. The Morgan fingerprint density at radius 3 is 2.52 bits per heavy atom. The molecule has 0 saturated heterocycles. The van der Waals surface area contributed by atoms with Gasteiger partial charge in [0.15, 0.2) is 0 Å². The zero-order valence-electron chi connectivity index (χ0n) is 16.6. The van der Waals surface area contributed by atoms with Gasteiger partial charge in [0, 0.05) is 30.6 Å². The Morgan fingerprint density at radius 1 is 1.07 bits per heavy atom. The number of nitrogens with zero attached hydrogens (tertiary/aromatic N) is 1. The topological polar surface area (TPSA) is 45.5 Å². The van der Waals surface area contributed by atoms with E-state index in [1.165, 1.54) is 5.56 Å². The lowest BCUT2D eigenvalue weighted by Gasteiger charge is -2.25. The van der Waals surface area contributed by atoms with E-state index in [0.717, 1.165) is 35.0 Å². The summed E-state index contributed by atoms with van der Waals surface area (Å²) in [6.07, 6.45) is 0.983. The second-order valence-electron chi connectivity index (χ2n) is 7.41. The molecule has 27 heavy (non-hydrogen) atoms. The van der Waals surface area contributed by atoms with Crippen LogP contribution in [0.2, 0.25) is 0 Å². The van der Waals surface area contributed by atoms with Crippen molar-refractivity contribution in [3.05, 3.63) is 81.2 Å². The van der Waals surface area contributed by atoms with Gasteiger partial charge >= 0.3 is 5.63 Å². The van der Waals surface area contributed by atoms with Crippen LogP contribution in [0.3, 0.4) is 0 Å². The van der Waals surface area contributed by atoms with Crippen molar-refractivity contribution < 1.29 is 4.42 Å². The van der Waals surface area contributed by atoms with Gasteiger partial charge in [0.2, 0.25) is 0 Å². The van der Waals surface area contributed by atoms with E-state index in [1.54, 1.807) is 6.07 Å². The highest BCUT2D eigenvalue weighted by atomic mass is 16.4. The number of aryl methyl sites for hydroxylation is 2. The summed E-state index contributed by atoms with van der Waals surface area (Å²) in [5, 5.41) is 4.54. The van der Waals surface area contributed by atoms with Crippen LogP contribution in [0.1, 0.15) is 22.3 Å². The molecule has 1 atom stereocenters. The molecule has 0 unspecified atom stereocenters. The maximum atomic E-state index is 12.0. The molecule has 0 aliphatic rings. The normalized spacial score (nSPS) is 12.6. The standard InChI is InChI=1S/C23H28N2O2/c1-16-10-11-21-19(13-22(26)27-23(21)17(16)2)14-24-15-20(25(3)4)12-18-8-6-5-7-9-18/h5-11,13,20,24H,12,14-15H2,1-4H3/t20-/m0/s1. The van der Waals surface area contributed by atoms with Gasteiger partial charge in [-0.1, -0.05) is 42.5 Å². The summed E-state index contributed by atoms with van der Waals surface area (Å²) in [4.78, 5) is 14.3. The summed E-state index contributed by atoms with van der Waals surface area (Å²) in [5.41, 5.74) is 4.89. The van der Waals surface area contributed by atoms with Crippen LogP contribution in [0.15, 0.2) is 57.7 Å². The number of hydrogen-bond acceptors (Lipinski definition) is 4. The van der Waals surface area contributed by atoms with Gasteiger partial charge in [-0.05, 0) is 56.6 Å². The first-order valence-electron chi connectivity index (χ1n) is 9.39. The number of likely N-dealkylation sites (N-methyl/N-ethyl adjacent to an activating group) is 1. The van der Waals surface area contributed by atoms with Gasteiger partial charge in [-0.25, -0.2) is 4.79 Å². The molecule has 0 bridgehead atoms. The van der Waals surface area contributed by atoms with Crippen LogP contribution in [0.4, 0.5) is 0 Å². The molecule has 2 aromatic carbocycles. The third kappa shape index (κ3) is 4.65. The lowest BCUT2D eigenvalue weighted by atomic mass is 10.0. The first-order valence-corrected chi connectivity index (χ1v) is 9.39. The smallest absolute Gasteiger partial charge is 0.336 e. The minimum absolute atomic E-state index is 0.290. The maximum absolute atomic E-state index is 12.0. The molecule has 0 fully saturated rings. The van der Waals surface area contributed by atoms with Gasteiger partial charge in [-0.3, -0.25) is 0 Å². The van der Waals surface area contributed by atoms with E-state index in [4.69, 9.17) is 4.42 Å². The Kier molecular flexibility index (Phi) is 6.09. The highest BCUT2D eigenvalue weighted by Gasteiger charge is 2.13. The van der Waals surface area contributed by atoms with Crippen LogP contribution in [-0.2, 0) is 13.0 Å². The van der Waals surface area contributed by atoms with E-state index < -0.39 is 0 Å². The quantitative estimate of drug-likeness (QED) is 0.650. The zero-order valence-corrected chi connectivity index (χ0v) is 16.6. The highest BCUT2D eigenvalue weighted by molar-refractivity contribution is 5.83. The predicted octanol–water partition coefficient (Wildman–Crippen LogP) is 3.67. The molecule has 1 heterocycles. The van der Waals surface area contributed by atoms with Gasteiger partial charge in [0.25, 0.3) is 0 Å². The third-order valence-electron chi connectivity index (χ3n) is 5.26. The Labute approximate surface area is 160 Å². The van der Waals surface area contributed by atoms with Gasteiger partial charge in [-0.15, -0.1) is 0 Å². The highest BCUT2D eigenvalue weighted by Crippen LogP contribution is 2.23. The maximum Gasteiger partial charge on any atom is 0.336 e. The van der Waals surface area contributed by atoms with Crippen LogP contribution >= 0.6 is 0 Å². The van der Waals surface area contributed by atoms with Crippen molar-refractivity contribution >= 4 is 11.0 Å². The first kappa shape index (κ1) is 19.3. The molecule has 3 aromatic rings. The van der Waals surface area contributed by atoms with Crippen molar-refractivity contribution in [2.45, 2.75) is 32.9 Å². The van der Waals surface area contributed by atoms with Gasteiger partial charge < -0.3 is 14.6 Å². The van der Waals surface area contributed by atoms with E-state index in [9.17, 15) is 4.79 Å². The minimum atomic E-state index is -0.290. The molecule has 4 heteroatoms. The fraction of sp³-hybridized carbons (Fsp3) is 0.348. The summed E-state index contributed by atoms with van der Waals surface area (Å²) in [7, 11) is 4.21. The number of rotatable bonds is 7. The lowest BCUT2D eigenvalue weighted by Crippen LogP contribution is -2.39. The molecule has 0 spiro atoms. The van der Waals surface area contributed by atoms with Crippen LogP contribution in [-0.4, -0.2) is 31.6 Å². The van der Waals surface area contributed by atoms with Gasteiger partial charge in [0.05, 0.1) is 0 Å². The van der Waals surface area contributed by atoms with Crippen molar-refractivity contribution in [2.75, 3.05) is 20.6 Å². The van der Waals surface area contributed by atoms with E-state index in [2.05, 4.69) is 54.6 Å². The summed E-state index contributed by atoms with van der Waals surface area (Å²) >= 11 is 0. The monoisotopic (exact) mass is 364 g/mol. The molecule has 0 saturated carbocycles. The van der Waals surface area contributed by atoms with E-state index in [-0.39, 0.29) is 5.63 Å². The van der Waals surface area contributed by atoms with Crippen LogP contribution in [0, 0.1) is 13.8 Å². The Bertz CT molecular complexity index is 961. The van der Waals surface area contributed by atoms with Crippen molar-refractivity contribution in [2.24, 2.45) is 0 Å². The van der Waals surface area contributed by atoms with E-state index in [1.807, 2.05) is 26.0 Å². The third-order valence-corrected chi connectivity index (χ3v) is 5.26.